The van der Waals surface area contributed by atoms with Gasteiger partial charge in [0.05, 0.1) is 6.20 Å². The first kappa shape index (κ1) is 6.67. The van der Waals surface area contributed by atoms with Gasteiger partial charge in [0.2, 0.25) is 0 Å². The number of carboxylic acid groups (broad SMARTS) is 1. The smallest absolute Gasteiger partial charge is 0.354 e. The number of aromatic nitrogens is 1. The number of pyridine rings is 1. The zero-order valence-corrected chi connectivity index (χ0v) is 4.91. The average molecular weight is 140 g/mol. The minimum Gasteiger partial charge on any atom is -0.477 e. The minimum atomic E-state index is -1.15. The third-order valence-electron chi connectivity index (χ3n) is 0.947. The summed E-state index contributed by atoms with van der Waals surface area (Å²) in [4.78, 5) is 13.4. The lowest BCUT2D eigenvalue weighted by Crippen LogP contribution is -1.98. The van der Waals surface area contributed by atoms with Crippen molar-refractivity contribution in [1.29, 1.82) is 0 Å². The summed E-state index contributed by atoms with van der Waals surface area (Å²) in [5.74, 6) is -1.69. The van der Waals surface area contributed by atoms with Gasteiger partial charge in [-0.3, -0.25) is 0 Å². The van der Waals surface area contributed by atoms with Gasteiger partial charge in [0, 0.05) is 0 Å². The van der Waals surface area contributed by atoms with Crippen LogP contribution < -0.4 is 0 Å². The Morgan fingerprint density at radius 2 is 2.30 bits per heavy atom. The first-order chi connectivity index (χ1) is 4.70. The van der Waals surface area contributed by atoms with Gasteiger partial charge < -0.3 is 5.11 Å². The van der Waals surface area contributed by atoms with Crippen molar-refractivity contribution >= 4 is 5.97 Å². The van der Waals surface area contributed by atoms with E-state index < -0.39 is 11.8 Å². The Morgan fingerprint density at radius 3 is 2.70 bits per heavy atom. The minimum absolute atomic E-state index is 0.151. The summed E-state index contributed by atoms with van der Waals surface area (Å²) in [5, 5.41) is 8.29. The number of carbonyl (C=O) groups is 1. The number of carboxylic acids is 1. The topological polar surface area (TPSA) is 50.2 Å². The second kappa shape index (κ2) is 2.43. The summed E-state index contributed by atoms with van der Waals surface area (Å²) in [6.07, 6.45) is 0.865. The standard InChI is InChI=1S/C6H4FNO2/c7-4-1-2-5(6(9)10)8-3-4/h1-3H,(H,9,10)/i7-1. The molecule has 0 saturated carbocycles. The molecule has 3 nitrogen and oxygen atoms in total. The zero-order valence-electron chi connectivity index (χ0n) is 4.91. The molecule has 0 aliphatic rings. The highest BCUT2D eigenvalue weighted by molar-refractivity contribution is 5.85. The molecule has 0 bridgehead atoms. The highest BCUT2D eigenvalue weighted by Crippen LogP contribution is 1.96. The molecule has 0 aliphatic carbocycles. The fraction of sp³-hybridized carbons (Fsp3) is 0. The van der Waals surface area contributed by atoms with Crippen molar-refractivity contribution in [3.05, 3.63) is 29.8 Å². The number of nitrogens with zero attached hydrogens (tertiary/aromatic N) is 1. The number of hydrogen-bond donors (Lipinski definition) is 1. The maximum atomic E-state index is 12.1. The highest BCUT2D eigenvalue weighted by Gasteiger charge is 2.01. The molecule has 0 amide bonds. The first-order valence-electron chi connectivity index (χ1n) is 2.55. The maximum absolute atomic E-state index is 12.1. The summed E-state index contributed by atoms with van der Waals surface area (Å²) in [6.45, 7) is 0. The predicted molar refractivity (Wildman–Crippen MR) is 31.2 cm³/mol. The van der Waals surface area contributed by atoms with Gasteiger partial charge in [-0.05, 0) is 12.1 Å². The summed E-state index contributed by atoms with van der Waals surface area (Å²) in [6, 6.07) is 2.16. The average Bonchev–Trinajstić information content (AvgIpc) is 1.88. The number of halogens is 1. The molecule has 0 fully saturated rings. The van der Waals surface area contributed by atoms with Crippen LogP contribution in [0.5, 0.6) is 0 Å². The van der Waals surface area contributed by atoms with E-state index in [0.29, 0.717) is 0 Å². The highest BCUT2D eigenvalue weighted by atomic mass is 18.2. The summed E-state index contributed by atoms with van der Waals surface area (Å²) in [7, 11) is 0. The monoisotopic (exact) mass is 140 g/mol. The molecule has 0 aliphatic heterocycles. The molecule has 0 atom stereocenters. The van der Waals surface area contributed by atoms with Crippen molar-refractivity contribution in [3.63, 3.8) is 0 Å². The molecular weight excluding hydrogens is 136 g/mol. The van der Waals surface area contributed by atoms with E-state index in [0.717, 1.165) is 18.3 Å². The van der Waals surface area contributed by atoms with Gasteiger partial charge in [0.1, 0.15) is 11.5 Å². The fourth-order valence-electron chi connectivity index (χ4n) is 0.502. The molecule has 1 aromatic rings. The molecule has 0 spiro atoms. The van der Waals surface area contributed by atoms with Crippen molar-refractivity contribution in [2.24, 2.45) is 0 Å². The van der Waals surface area contributed by atoms with Crippen LogP contribution in [-0.2, 0) is 0 Å². The third kappa shape index (κ3) is 1.28. The van der Waals surface area contributed by atoms with E-state index in [1.807, 2.05) is 0 Å². The van der Waals surface area contributed by atoms with Crippen LogP contribution in [0.2, 0.25) is 0 Å². The lowest BCUT2D eigenvalue weighted by Gasteiger charge is -1.89. The van der Waals surface area contributed by atoms with Gasteiger partial charge in [0.25, 0.3) is 0 Å². The van der Waals surface area contributed by atoms with Crippen LogP contribution in [0.1, 0.15) is 10.5 Å². The van der Waals surface area contributed by atoms with E-state index in [1.165, 1.54) is 0 Å². The second-order valence-corrected chi connectivity index (χ2v) is 1.67. The molecule has 10 heavy (non-hydrogen) atoms. The quantitative estimate of drug-likeness (QED) is 0.630. The Kier molecular flexibility index (Phi) is 1.62. The molecule has 1 heterocycles. The molecule has 1 rings (SSSR count). The Labute approximate surface area is 56.1 Å². The van der Waals surface area contributed by atoms with Crippen molar-refractivity contribution in [3.8, 4) is 0 Å². The summed E-state index contributed by atoms with van der Waals surface area (Å²) in [5.41, 5.74) is -0.151. The van der Waals surface area contributed by atoms with Gasteiger partial charge in [-0.2, -0.15) is 0 Å². The molecule has 0 saturated heterocycles. The van der Waals surface area contributed by atoms with Gasteiger partial charge in [-0.25, -0.2) is 14.2 Å². The molecule has 4 heteroatoms. The Hall–Kier alpha value is -1.45. The van der Waals surface area contributed by atoms with Crippen LogP contribution in [0.4, 0.5) is 4.39 Å². The van der Waals surface area contributed by atoms with E-state index in [-0.39, 0.29) is 5.69 Å². The molecule has 0 aromatic carbocycles. The molecule has 1 aromatic heterocycles. The van der Waals surface area contributed by atoms with Gasteiger partial charge in [0.15, 0.2) is 0 Å². The molecule has 0 unspecified atom stereocenters. The van der Waals surface area contributed by atoms with Crippen LogP contribution >= 0.6 is 0 Å². The van der Waals surface area contributed by atoms with Crippen LogP contribution in [0.3, 0.4) is 0 Å². The Morgan fingerprint density at radius 1 is 1.60 bits per heavy atom. The lowest BCUT2D eigenvalue weighted by atomic mass is 10.3. The van der Waals surface area contributed by atoms with E-state index in [4.69, 9.17) is 5.11 Å². The summed E-state index contributed by atoms with van der Waals surface area (Å²) >= 11 is 0. The van der Waals surface area contributed by atoms with Crippen LogP contribution in [-0.4, -0.2) is 16.1 Å². The predicted octanol–water partition coefficient (Wildman–Crippen LogP) is 0.919. The van der Waals surface area contributed by atoms with E-state index >= 15 is 0 Å². The normalized spacial score (nSPS) is 9.30. The molecule has 0 radical (unpaired) electrons. The van der Waals surface area contributed by atoms with Gasteiger partial charge >= 0.3 is 5.97 Å². The van der Waals surface area contributed by atoms with Gasteiger partial charge in [-0.1, -0.05) is 0 Å². The van der Waals surface area contributed by atoms with Crippen LogP contribution in [0.15, 0.2) is 18.3 Å². The Bertz CT molecular complexity index is 244. The van der Waals surface area contributed by atoms with Crippen molar-refractivity contribution in [2.45, 2.75) is 0 Å². The van der Waals surface area contributed by atoms with Crippen molar-refractivity contribution in [1.82, 2.24) is 4.98 Å². The maximum Gasteiger partial charge on any atom is 0.354 e. The first-order valence-corrected chi connectivity index (χ1v) is 2.55. The van der Waals surface area contributed by atoms with E-state index in [9.17, 15) is 9.18 Å². The van der Waals surface area contributed by atoms with Crippen molar-refractivity contribution < 1.29 is 14.3 Å². The third-order valence-corrected chi connectivity index (χ3v) is 0.947. The van der Waals surface area contributed by atoms with E-state index in [1.54, 1.807) is 0 Å². The largest absolute Gasteiger partial charge is 0.477 e. The number of rotatable bonds is 1. The Balaban J connectivity index is 3.00. The second-order valence-electron chi connectivity index (χ2n) is 1.67. The van der Waals surface area contributed by atoms with Gasteiger partial charge in [-0.15, -0.1) is 0 Å². The lowest BCUT2D eigenvalue weighted by molar-refractivity contribution is 0.0690. The molecular formula is C6H4FNO2. The number of aromatic carboxylic acids is 1. The van der Waals surface area contributed by atoms with Crippen LogP contribution in [0, 0.1) is 5.82 Å². The number of hydrogen-bond acceptors (Lipinski definition) is 2. The fourth-order valence-corrected chi connectivity index (χ4v) is 0.502. The molecule has 52 valence electrons. The van der Waals surface area contributed by atoms with Crippen molar-refractivity contribution in [2.75, 3.05) is 0 Å². The summed E-state index contributed by atoms with van der Waals surface area (Å²) < 4.78 is 12.1. The van der Waals surface area contributed by atoms with Crippen LogP contribution in [0.25, 0.3) is 0 Å². The van der Waals surface area contributed by atoms with E-state index in [2.05, 4.69) is 4.98 Å². The molecule has 1 N–H and O–H groups in total. The SMILES string of the molecule is O=C(O)c1ccc([18F])cn1. The zero-order chi connectivity index (χ0) is 7.56.